The van der Waals surface area contributed by atoms with Crippen molar-refractivity contribution in [3.8, 4) is 5.75 Å². The summed E-state index contributed by atoms with van der Waals surface area (Å²) in [6.07, 6.45) is 2.85. The molecule has 2 rings (SSSR count). The Morgan fingerprint density at radius 1 is 1.40 bits per heavy atom. The number of ketones is 1. The van der Waals surface area contributed by atoms with Gasteiger partial charge in [-0.25, -0.2) is 4.39 Å². The van der Waals surface area contributed by atoms with Gasteiger partial charge in [-0.2, -0.15) is 0 Å². The van der Waals surface area contributed by atoms with Gasteiger partial charge in [0.25, 0.3) is 0 Å². The van der Waals surface area contributed by atoms with E-state index in [1.165, 1.54) is 7.11 Å². The number of rotatable bonds is 7. The number of hydrogen-bond donors (Lipinski definition) is 0. The molecule has 1 aromatic rings. The van der Waals surface area contributed by atoms with Gasteiger partial charge < -0.3 is 9.47 Å². The normalized spacial score (nSPS) is 21.4. The second-order valence-electron chi connectivity index (χ2n) is 5.27. The van der Waals surface area contributed by atoms with Crippen LogP contribution in [0.4, 0.5) is 4.39 Å². The van der Waals surface area contributed by atoms with Gasteiger partial charge in [0.05, 0.1) is 13.2 Å². The van der Waals surface area contributed by atoms with Gasteiger partial charge >= 0.3 is 0 Å². The fraction of sp³-hybridized carbons (Fsp3) is 0.562. The quantitative estimate of drug-likeness (QED) is 0.769. The molecular weight excluding hydrogens is 259 g/mol. The number of carbonyl (C=O) groups is 1. The minimum atomic E-state index is -0.427. The SMILES string of the molecule is CCOC1CC(CC(=O)Cc2cccc(OC)c2F)C1. The van der Waals surface area contributed by atoms with Crippen molar-refractivity contribution >= 4 is 5.78 Å². The first-order valence-corrected chi connectivity index (χ1v) is 7.08. The zero-order chi connectivity index (χ0) is 14.5. The van der Waals surface area contributed by atoms with Crippen molar-refractivity contribution in [2.24, 2.45) is 5.92 Å². The zero-order valence-electron chi connectivity index (χ0n) is 12.0. The first-order chi connectivity index (χ1) is 9.63. The number of ether oxygens (including phenoxy) is 2. The van der Waals surface area contributed by atoms with Crippen molar-refractivity contribution in [3.05, 3.63) is 29.6 Å². The lowest BCUT2D eigenvalue weighted by Gasteiger charge is -2.34. The molecule has 0 bridgehead atoms. The molecule has 0 spiro atoms. The van der Waals surface area contributed by atoms with Crippen LogP contribution in [0.25, 0.3) is 0 Å². The second-order valence-corrected chi connectivity index (χ2v) is 5.27. The van der Waals surface area contributed by atoms with E-state index in [4.69, 9.17) is 9.47 Å². The van der Waals surface area contributed by atoms with Crippen LogP contribution >= 0.6 is 0 Å². The molecule has 1 fully saturated rings. The van der Waals surface area contributed by atoms with Gasteiger partial charge in [0.15, 0.2) is 11.6 Å². The maximum Gasteiger partial charge on any atom is 0.168 e. The Balaban J connectivity index is 1.84. The Labute approximate surface area is 119 Å². The lowest BCUT2D eigenvalue weighted by Crippen LogP contribution is -2.33. The lowest BCUT2D eigenvalue weighted by atomic mass is 9.78. The molecular formula is C16H21FO3. The Morgan fingerprint density at radius 2 is 2.15 bits per heavy atom. The Kier molecular flexibility index (Phi) is 5.12. The van der Waals surface area contributed by atoms with E-state index in [0.29, 0.717) is 24.0 Å². The Morgan fingerprint density at radius 3 is 2.80 bits per heavy atom. The summed E-state index contributed by atoms with van der Waals surface area (Å²) in [5, 5.41) is 0. The second kappa shape index (κ2) is 6.84. The molecule has 1 aliphatic carbocycles. The van der Waals surface area contributed by atoms with E-state index in [1.807, 2.05) is 6.92 Å². The van der Waals surface area contributed by atoms with Crippen LogP contribution in [0.5, 0.6) is 5.75 Å². The molecule has 1 aromatic carbocycles. The van der Waals surface area contributed by atoms with Crippen molar-refractivity contribution in [1.82, 2.24) is 0 Å². The monoisotopic (exact) mass is 280 g/mol. The van der Waals surface area contributed by atoms with Crippen LogP contribution in [0, 0.1) is 11.7 Å². The molecule has 0 unspecified atom stereocenters. The number of hydrogen-bond acceptors (Lipinski definition) is 3. The van der Waals surface area contributed by atoms with Crippen molar-refractivity contribution in [2.75, 3.05) is 13.7 Å². The van der Waals surface area contributed by atoms with Gasteiger partial charge in [0.1, 0.15) is 5.78 Å². The van der Waals surface area contributed by atoms with Crippen molar-refractivity contribution in [2.45, 2.75) is 38.7 Å². The first kappa shape index (κ1) is 15.0. The predicted molar refractivity (Wildman–Crippen MR) is 74.4 cm³/mol. The largest absolute Gasteiger partial charge is 0.494 e. The first-order valence-electron chi connectivity index (χ1n) is 7.08. The van der Waals surface area contributed by atoms with E-state index in [-0.39, 0.29) is 18.0 Å². The number of benzene rings is 1. The van der Waals surface area contributed by atoms with E-state index in [2.05, 4.69) is 0 Å². The summed E-state index contributed by atoms with van der Waals surface area (Å²) in [5.41, 5.74) is 0.412. The summed E-state index contributed by atoms with van der Waals surface area (Å²) >= 11 is 0. The zero-order valence-corrected chi connectivity index (χ0v) is 12.0. The van der Waals surface area contributed by atoms with Gasteiger partial charge in [-0.15, -0.1) is 0 Å². The number of methoxy groups -OCH3 is 1. The minimum absolute atomic E-state index is 0.0806. The summed E-state index contributed by atoms with van der Waals surface area (Å²) in [6, 6.07) is 4.90. The predicted octanol–water partition coefficient (Wildman–Crippen LogP) is 3.15. The van der Waals surface area contributed by atoms with Crippen molar-refractivity contribution < 1.29 is 18.7 Å². The molecule has 110 valence electrons. The van der Waals surface area contributed by atoms with Gasteiger partial charge in [-0.1, -0.05) is 12.1 Å². The summed E-state index contributed by atoms with van der Waals surface area (Å²) in [6.45, 7) is 2.70. The molecule has 4 heteroatoms. The summed E-state index contributed by atoms with van der Waals surface area (Å²) in [4.78, 5) is 12.0. The fourth-order valence-electron chi connectivity index (χ4n) is 2.67. The Bertz CT molecular complexity index is 467. The number of halogens is 1. The van der Waals surface area contributed by atoms with Crippen LogP contribution in [0.1, 0.15) is 31.7 Å². The highest BCUT2D eigenvalue weighted by Crippen LogP contribution is 2.33. The third kappa shape index (κ3) is 3.57. The van der Waals surface area contributed by atoms with Gasteiger partial charge in [-0.05, 0) is 37.3 Å². The summed E-state index contributed by atoms with van der Waals surface area (Å²) < 4.78 is 24.3. The van der Waals surface area contributed by atoms with Crippen LogP contribution in [0.2, 0.25) is 0 Å². The summed E-state index contributed by atoms with van der Waals surface area (Å²) in [5.74, 6) is 0.240. The van der Waals surface area contributed by atoms with Crippen LogP contribution in [-0.2, 0) is 16.0 Å². The highest BCUT2D eigenvalue weighted by atomic mass is 19.1. The minimum Gasteiger partial charge on any atom is -0.494 e. The van der Waals surface area contributed by atoms with E-state index >= 15 is 0 Å². The van der Waals surface area contributed by atoms with E-state index < -0.39 is 5.82 Å². The average Bonchev–Trinajstić information content (AvgIpc) is 2.39. The molecule has 1 saturated carbocycles. The molecule has 0 aromatic heterocycles. The van der Waals surface area contributed by atoms with Crippen molar-refractivity contribution in [1.29, 1.82) is 0 Å². The molecule has 1 aliphatic rings. The Hall–Kier alpha value is -1.42. The topological polar surface area (TPSA) is 35.5 Å². The molecule has 0 amide bonds. The highest BCUT2D eigenvalue weighted by molar-refractivity contribution is 5.81. The standard InChI is InChI=1S/C16H21FO3/c1-3-20-14-8-11(9-14)7-13(18)10-12-5-4-6-15(19-2)16(12)17/h4-6,11,14H,3,7-10H2,1-2H3. The van der Waals surface area contributed by atoms with E-state index in [0.717, 1.165) is 19.4 Å². The molecule has 3 nitrogen and oxygen atoms in total. The third-order valence-corrected chi connectivity index (χ3v) is 3.76. The van der Waals surface area contributed by atoms with Crippen LogP contribution < -0.4 is 4.74 Å². The molecule has 0 radical (unpaired) electrons. The maximum atomic E-state index is 13.9. The molecule has 20 heavy (non-hydrogen) atoms. The molecule has 0 atom stereocenters. The molecule has 0 aliphatic heterocycles. The van der Waals surface area contributed by atoms with Crippen LogP contribution in [-0.4, -0.2) is 25.6 Å². The van der Waals surface area contributed by atoms with Gasteiger partial charge in [0.2, 0.25) is 0 Å². The number of carbonyl (C=O) groups excluding carboxylic acids is 1. The van der Waals surface area contributed by atoms with Crippen LogP contribution in [0.15, 0.2) is 18.2 Å². The average molecular weight is 280 g/mol. The molecule has 0 saturated heterocycles. The maximum absolute atomic E-state index is 13.9. The van der Waals surface area contributed by atoms with Crippen molar-refractivity contribution in [3.63, 3.8) is 0 Å². The lowest BCUT2D eigenvalue weighted by molar-refractivity contribution is -0.121. The van der Waals surface area contributed by atoms with Gasteiger partial charge in [0, 0.05) is 19.4 Å². The molecule has 0 heterocycles. The summed E-state index contributed by atoms with van der Waals surface area (Å²) in [7, 11) is 1.42. The highest BCUT2D eigenvalue weighted by Gasteiger charge is 2.31. The van der Waals surface area contributed by atoms with Gasteiger partial charge in [-0.3, -0.25) is 4.79 Å². The van der Waals surface area contributed by atoms with E-state index in [1.54, 1.807) is 18.2 Å². The third-order valence-electron chi connectivity index (χ3n) is 3.76. The van der Waals surface area contributed by atoms with E-state index in [9.17, 15) is 9.18 Å². The fourth-order valence-corrected chi connectivity index (χ4v) is 2.67. The van der Waals surface area contributed by atoms with Crippen LogP contribution in [0.3, 0.4) is 0 Å². The molecule has 0 N–H and O–H groups in total. The number of Topliss-reactive ketones (excluding diaryl/α,β-unsaturated/α-hetero) is 1. The smallest absolute Gasteiger partial charge is 0.168 e.